The van der Waals surface area contributed by atoms with Gasteiger partial charge in [0, 0.05) is 33.0 Å². The smallest absolute Gasteiger partial charge is 0.238 e. The Balaban J connectivity index is 1.06. The Kier molecular flexibility index (Phi) is 6.51. The molecule has 248 valence electrons. The summed E-state index contributed by atoms with van der Waals surface area (Å²) in [7, 11) is 0. The van der Waals surface area contributed by atoms with Crippen LogP contribution in [0.1, 0.15) is 11.1 Å². The van der Waals surface area contributed by atoms with Gasteiger partial charge < -0.3 is 4.42 Å². The van der Waals surface area contributed by atoms with Gasteiger partial charge in [0.15, 0.2) is 17.2 Å². The fourth-order valence-corrected chi connectivity index (χ4v) is 7.79. The molecule has 3 heterocycles. The fourth-order valence-electron chi connectivity index (χ4n) is 7.79. The van der Waals surface area contributed by atoms with E-state index in [0.29, 0.717) is 23.5 Å². The summed E-state index contributed by atoms with van der Waals surface area (Å²) in [5.74, 6) is 2.49. The molecule has 0 N–H and O–H groups in total. The van der Waals surface area contributed by atoms with Crippen molar-refractivity contribution in [3.8, 4) is 62.4 Å². The normalized spacial score (nSPS) is 12.1. The van der Waals surface area contributed by atoms with Gasteiger partial charge in [-0.15, -0.1) is 0 Å². The number of hydrogen-bond acceptors (Lipinski definition) is 5. The average molecular weight is 680 g/mol. The zero-order valence-corrected chi connectivity index (χ0v) is 28.4. The molecule has 6 nitrogen and oxygen atoms in total. The van der Waals surface area contributed by atoms with E-state index in [1.165, 1.54) is 16.7 Å². The molecule has 11 rings (SSSR count). The molecular formula is C47H29N5O. The highest BCUT2D eigenvalue weighted by Gasteiger charge is 2.25. The summed E-state index contributed by atoms with van der Waals surface area (Å²) < 4.78 is 8.66. The summed E-state index contributed by atoms with van der Waals surface area (Å²) in [6.07, 6.45) is 0.872. The number of nitrogens with zero attached hydrogens (tertiary/aromatic N) is 5. The van der Waals surface area contributed by atoms with Crippen molar-refractivity contribution in [3.63, 3.8) is 0 Å². The lowest BCUT2D eigenvalue weighted by Gasteiger charge is -2.11. The van der Waals surface area contributed by atoms with Crippen LogP contribution in [0.5, 0.6) is 0 Å². The van der Waals surface area contributed by atoms with Crippen molar-refractivity contribution in [3.05, 3.63) is 175 Å². The van der Waals surface area contributed by atoms with Crippen LogP contribution in [0.3, 0.4) is 0 Å². The van der Waals surface area contributed by atoms with Crippen LogP contribution in [0.25, 0.3) is 95.3 Å². The maximum atomic E-state index is 6.49. The predicted molar refractivity (Wildman–Crippen MR) is 212 cm³/mol. The molecule has 6 heteroatoms. The van der Waals surface area contributed by atoms with E-state index in [4.69, 9.17) is 24.4 Å². The van der Waals surface area contributed by atoms with E-state index in [1.54, 1.807) is 0 Å². The quantitative estimate of drug-likeness (QED) is 0.181. The molecule has 1 aliphatic rings. The summed E-state index contributed by atoms with van der Waals surface area (Å²) in [6, 6.07) is 56.6. The highest BCUT2D eigenvalue weighted by Crippen LogP contribution is 2.44. The van der Waals surface area contributed by atoms with E-state index in [0.717, 1.165) is 72.7 Å². The standard InChI is InChI=1S/C47H29N5O/c1-4-12-29(13-5-1)44-49-45(30-14-6-2-7-15-30)51-47(50-44)52-40-19-11-10-18-36(40)38-28-33(23-25-41(38)52)32-20-21-34-26-35-22-24-39-43(42(35)37(34)27-32)53-46(48-39)31-16-8-3-9-17-31/h1-25,27-28H,26H2. The SMILES string of the molecule is c1ccc(-c2nc(-c3ccccc3)nc(-n3c4ccccc4c4cc(-c5ccc6c(c5)-c5c(ccc7nc(-c8ccccc8)oc57)C6)ccc43)n2)cc1. The van der Waals surface area contributed by atoms with Crippen LogP contribution in [0, 0.1) is 0 Å². The highest BCUT2D eigenvalue weighted by molar-refractivity contribution is 6.10. The first-order valence-corrected chi connectivity index (χ1v) is 17.8. The lowest BCUT2D eigenvalue weighted by Crippen LogP contribution is -2.06. The molecule has 0 aliphatic heterocycles. The van der Waals surface area contributed by atoms with Crippen LogP contribution >= 0.6 is 0 Å². The molecule has 0 saturated carbocycles. The third kappa shape index (κ3) is 4.80. The van der Waals surface area contributed by atoms with Crippen LogP contribution in [-0.2, 0) is 6.42 Å². The first-order valence-electron chi connectivity index (χ1n) is 17.8. The molecule has 0 bridgehead atoms. The van der Waals surface area contributed by atoms with Crippen LogP contribution in [-0.4, -0.2) is 24.5 Å². The van der Waals surface area contributed by atoms with E-state index in [9.17, 15) is 0 Å². The van der Waals surface area contributed by atoms with Gasteiger partial charge in [-0.2, -0.15) is 9.97 Å². The maximum absolute atomic E-state index is 6.49. The monoisotopic (exact) mass is 679 g/mol. The largest absolute Gasteiger partial charge is 0.435 e. The molecule has 0 saturated heterocycles. The van der Waals surface area contributed by atoms with Crippen molar-refractivity contribution in [1.82, 2.24) is 24.5 Å². The van der Waals surface area contributed by atoms with Crippen molar-refractivity contribution in [2.24, 2.45) is 0 Å². The molecule has 0 spiro atoms. The molecule has 0 amide bonds. The first-order chi connectivity index (χ1) is 26.2. The number of benzene rings is 7. The second-order valence-corrected chi connectivity index (χ2v) is 13.5. The molecule has 1 aliphatic carbocycles. The second kappa shape index (κ2) is 11.7. The Bertz CT molecular complexity index is 2960. The topological polar surface area (TPSA) is 69.6 Å². The summed E-state index contributed by atoms with van der Waals surface area (Å²) in [5.41, 5.74) is 13.8. The number of oxazole rings is 1. The second-order valence-electron chi connectivity index (χ2n) is 13.5. The first kappa shape index (κ1) is 29.5. The van der Waals surface area contributed by atoms with Gasteiger partial charge in [0.25, 0.3) is 0 Å². The van der Waals surface area contributed by atoms with E-state index in [1.807, 2.05) is 91.0 Å². The lowest BCUT2D eigenvalue weighted by molar-refractivity contribution is 0.620. The van der Waals surface area contributed by atoms with Crippen LogP contribution in [0.15, 0.2) is 168 Å². The highest BCUT2D eigenvalue weighted by atomic mass is 16.3. The van der Waals surface area contributed by atoms with Crippen molar-refractivity contribution >= 4 is 32.9 Å². The number of aromatic nitrogens is 5. The van der Waals surface area contributed by atoms with Crippen LogP contribution < -0.4 is 0 Å². The maximum Gasteiger partial charge on any atom is 0.238 e. The molecule has 0 fully saturated rings. The van der Waals surface area contributed by atoms with E-state index < -0.39 is 0 Å². The summed E-state index contributed by atoms with van der Waals surface area (Å²) >= 11 is 0. The molecule has 3 aromatic heterocycles. The lowest BCUT2D eigenvalue weighted by atomic mass is 9.97. The minimum absolute atomic E-state index is 0.580. The van der Waals surface area contributed by atoms with Crippen molar-refractivity contribution in [1.29, 1.82) is 0 Å². The van der Waals surface area contributed by atoms with Gasteiger partial charge in [0.2, 0.25) is 11.8 Å². The number of rotatable bonds is 5. The fraction of sp³-hybridized carbons (Fsp3) is 0.0213. The van der Waals surface area contributed by atoms with Gasteiger partial charge in [0.05, 0.1) is 11.0 Å². The van der Waals surface area contributed by atoms with Gasteiger partial charge in [-0.1, -0.05) is 121 Å². The van der Waals surface area contributed by atoms with E-state index in [-0.39, 0.29) is 0 Å². The zero-order valence-electron chi connectivity index (χ0n) is 28.4. The Morgan fingerprint density at radius 2 is 1.06 bits per heavy atom. The molecule has 0 unspecified atom stereocenters. The Hall–Kier alpha value is -7.18. The molecule has 7 aromatic carbocycles. The van der Waals surface area contributed by atoms with Crippen LogP contribution in [0.2, 0.25) is 0 Å². The summed E-state index contributed by atoms with van der Waals surface area (Å²) in [6.45, 7) is 0. The van der Waals surface area contributed by atoms with Crippen LogP contribution in [0.4, 0.5) is 0 Å². The van der Waals surface area contributed by atoms with Gasteiger partial charge in [-0.25, -0.2) is 9.97 Å². The van der Waals surface area contributed by atoms with Crippen molar-refractivity contribution in [2.75, 3.05) is 0 Å². The van der Waals surface area contributed by atoms with Crippen molar-refractivity contribution < 1.29 is 4.42 Å². The zero-order chi connectivity index (χ0) is 34.9. The van der Waals surface area contributed by atoms with Gasteiger partial charge in [-0.05, 0) is 76.7 Å². The molecule has 10 aromatic rings. The van der Waals surface area contributed by atoms with Gasteiger partial charge in [0.1, 0.15) is 5.52 Å². The Labute approximate surface area is 304 Å². The third-order valence-corrected chi connectivity index (χ3v) is 10.3. The van der Waals surface area contributed by atoms with Gasteiger partial charge >= 0.3 is 0 Å². The number of hydrogen-bond donors (Lipinski definition) is 0. The number of para-hydroxylation sites is 1. The van der Waals surface area contributed by atoms with E-state index >= 15 is 0 Å². The Morgan fingerprint density at radius 3 is 1.79 bits per heavy atom. The van der Waals surface area contributed by atoms with Gasteiger partial charge in [-0.3, -0.25) is 4.57 Å². The van der Waals surface area contributed by atoms with E-state index in [2.05, 4.69) is 77.4 Å². The molecule has 0 radical (unpaired) electrons. The molecule has 53 heavy (non-hydrogen) atoms. The molecule has 0 atom stereocenters. The molecular weight excluding hydrogens is 651 g/mol. The van der Waals surface area contributed by atoms with Crippen molar-refractivity contribution in [2.45, 2.75) is 6.42 Å². The summed E-state index contributed by atoms with van der Waals surface area (Å²) in [4.78, 5) is 20.0. The minimum Gasteiger partial charge on any atom is -0.435 e. The Morgan fingerprint density at radius 1 is 0.453 bits per heavy atom. The minimum atomic E-state index is 0.580. The average Bonchev–Trinajstić information content (AvgIpc) is 3.93. The third-order valence-electron chi connectivity index (χ3n) is 10.3. The number of fused-ring (bicyclic) bond motifs is 8. The summed E-state index contributed by atoms with van der Waals surface area (Å²) in [5, 5.41) is 2.27. The predicted octanol–water partition coefficient (Wildman–Crippen LogP) is 11.3.